The predicted molar refractivity (Wildman–Crippen MR) is 54.2 cm³/mol. The zero-order valence-electron chi connectivity index (χ0n) is 7.27. The molecule has 14 heavy (non-hydrogen) atoms. The molecular weight excluding hydrogens is 206 g/mol. The second kappa shape index (κ2) is 4.19. The van der Waals surface area contributed by atoms with Crippen molar-refractivity contribution in [2.24, 2.45) is 0 Å². The number of halogens is 1. The van der Waals surface area contributed by atoms with Crippen LogP contribution in [0.3, 0.4) is 0 Å². The van der Waals surface area contributed by atoms with E-state index in [2.05, 4.69) is 5.32 Å². The second-order valence-electron chi connectivity index (χ2n) is 2.84. The molecule has 1 atom stereocenters. The Balaban J connectivity index is 0.000000980. The fourth-order valence-corrected chi connectivity index (χ4v) is 1.25. The van der Waals surface area contributed by atoms with Crippen molar-refractivity contribution in [3.05, 3.63) is 24.3 Å². The Morgan fingerprint density at radius 3 is 2.93 bits per heavy atom. The van der Waals surface area contributed by atoms with Crippen molar-refractivity contribution in [1.29, 1.82) is 0 Å². The third kappa shape index (κ3) is 1.90. The van der Waals surface area contributed by atoms with Crippen molar-refractivity contribution >= 4 is 24.1 Å². The van der Waals surface area contributed by atoms with Crippen molar-refractivity contribution in [2.75, 3.05) is 11.9 Å². The fourth-order valence-electron chi connectivity index (χ4n) is 1.25. The number of hydrogen-bond donors (Lipinski definition) is 2. The van der Waals surface area contributed by atoms with Gasteiger partial charge >= 0.3 is 5.97 Å². The number of hydrogen-bond acceptors (Lipinski definition) is 3. The van der Waals surface area contributed by atoms with E-state index in [1.807, 2.05) is 12.1 Å². The summed E-state index contributed by atoms with van der Waals surface area (Å²) in [5.74, 6) is -0.186. The molecule has 2 N–H and O–H groups in total. The van der Waals surface area contributed by atoms with Crippen LogP contribution >= 0.6 is 12.4 Å². The standard InChI is InChI=1S/C9H9NO3.ClH/c11-9(12)7-5-13-8-4-2-1-3-6(8)10-7;/h1-4,7,10H,5H2,(H,11,12);1H. The summed E-state index contributed by atoms with van der Waals surface area (Å²) in [6, 6.07) is 6.64. The molecule has 1 unspecified atom stereocenters. The summed E-state index contributed by atoms with van der Waals surface area (Å²) in [6.07, 6.45) is 0. The molecule has 0 amide bonds. The van der Waals surface area contributed by atoms with Gasteiger partial charge in [-0.2, -0.15) is 0 Å². The van der Waals surface area contributed by atoms with E-state index in [0.717, 1.165) is 5.69 Å². The van der Waals surface area contributed by atoms with Gasteiger partial charge in [-0.25, -0.2) is 4.79 Å². The van der Waals surface area contributed by atoms with Gasteiger partial charge < -0.3 is 15.2 Å². The highest BCUT2D eigenvalue weighted by Gasteiger charge is 2.23. The Morgan fingerprint density at radius 2 is 2.21 bits per heavy atom. The molecule has 0 fully saturated rings. The van der Waals surface area contributed by atoms with E-state index in [1.54, 1.807) is 12.1 Å². The van der Waals surface area contributed by atoms with E-state index >= 15 is 0 Å². The molecule has 1 aliphatic heterocycles. The van der Waals surface area contributed by atoms with Crippen LogP contribution in [0.1, 0.15) is 0 Å². The van der Waals surface area contributed by atoms with Gasteiger partial charge in [0.15, 0.2) is 6.04 Å². The highest BCUT2D eigenvalue weighted by Crippen LogP contribution is 2.27. The maximum atomic E-state index is 10.6. The summed E-state index contributed by atoms with van der Waals surface area (Å²) >= 11 is 0. The number of rotatable bonds is 1. The van der Waals surface area contributed by atoms with Crippen LogP contribution in [0, 0.1) is 0 Å². The first kappa shape index (κ1) is 10.7. The Kier molecular flexibility index (Phi) is 3.19. The largest absolute Gasteiger partial charge is 0.489 e. The lowest BCUT2D eigenvalue weighted by molar-refractivity contribution is -0.138. The van der Waals surface area contributed by atoms with E-state index in [4.69, 9.17) is 9.84 Å². The Bertz CT molecular complexity index is 343. The SMILES string of the molecule is Cl.O=C(O)C1COc2ccccc2N1. The van der Waals surface area contributed by atoms with Gasteiger partial charge in [0.05, 0.1) is 5.69 Å². The van der Waals surface area contributed by atoms with Gasteiger partial charge in [-0.3, -0.25) is 0 Å². The molecule has 4 nitrogen and oxygen atoms in total. The van der Waals surface area contributed by atoms with Crippen LogP contribution in [0.5, 0.6) is 5.75 Å². The first-order chi connectivity index (χ1) is 6.27. The molecule has 1 aromatic rings. The average molecular weight is 216 g/mol. The van der Waals surface area contributed by atoms with Crippen molar-refractivity contribution in [3.63, 3.8) is 0 Å². The predicted octanol–water partition coefficient (Wildman–Crippen LogP) is 1.37. The lowest BCUT2D eigenvalue weighted by Crippen LogP contribution is -2.38. The molecule has 0 aliphatic carbocycles. The van der Waals surface area contributed by atoms with Crippen LogP contribution in [-0.2, 0) is 4.79 Å². The zero-order chi connectivity index (χ0) is 9.26. The molecular formula is C9H10ClNO3. The summed E-state index contributed by atoms with van der Waals surface area (Å²) in [4.78, 5) is 10.6. The molecule has 1 heterocycles. The topological polar surface area (TPSA) is 58.6 Å². The minimum Gasteiger partial charge on any atom is -0.489 e. The number of fused-ring (bicyclic) bond motifs is 1. The summed E-state index contributed by atoms with van der Waals surface area (Å²) in [5.41, 5.74) is 0.737. The van der Waals surface area contributed by atoms with E-state index in [0.29, 0.717) is 5.75 Å². The van der Waals surface area contributed by atoms with Gasteiger partial charge in [-0.15, -0.1) is 12.4 Å². The Labute approximate surface area is 87.3 Å². The second-order valence-corrected chi connectivity index (χ2v) is 2.84. The zero-order valence-corrected chi connectivity index (χ0v) is 8.08. The number of benzene rings is 1. The van der Waals surface area contributed by atoms with Crippen LogP contribution in [-0.4, -0.2) is 23.7 Å². The van der Waals surface area contributed by atoms with Crippen LogP contribution in [0.2, 0.25) is 0 Å². The van der Waals surface area contributed by atoms with Crippen molar-refractivity contribution in [1.82, 2.24) is 0 Å². The molecule has 0 aromatic heterocycles. The minimum absolute atomic E-state index is 0. The molecule has 0 bridgehead atoms. The summed E-state index contributed by atoms with van der Waals surface area (Å²) < 4.78 is 5.25. The van der Waals surface area contributed by atoms with Gasteiger partial charge in [-0.1, -0.05) is 12.1 Å². The normalized spacial score (nSPS) is 18.1. The number of aliphatic carboxylic acids is 1. The number of carboxylic acids is 1. The number of carbonyl (C=O) groups is 1. The van der Waals surface area contributed by atoms with Crippen LogP contribution in [0.4, 0.5) is 5.69 Å². The maximum Gasteiger partial charge on any atom is 0.329 e. The van der Waals surface area contributed by atoms with Crippen molar-refractivity contribution < 1.29 is 14.6 Å². The molecule has 0 radical (unpaired) electrons. The van der Waals surface area contributed by atoms with Gasteiger partial charge in [-0.05, 0) is 12.1 Å². The quantitative estimate of drug-likeness (QED) is 0.743. The summed E-state index contributed by atoms with van der Waals surface area (Å²) in [5, 5.41) is 11.6. The summed E-state index contributed by atoms with van der Waals surface area (Å²) in [6.45, 7) is 0.173. The van der Waals surface area contributed by atoms with Gasteiger partial charge in [0.25, 0.3) is 0 Å². The molecule has 2 rings (SSSR count). The molecule has 0 spiro atoms. The van der Waals surface area contributed by atoms with Crippen LogP contribution in [0.15, 0.2) is 24.3 Å². The molecule has 1 aromatic carbocycles. The number of anilines is 1. The molecule has 0 saturated carbocycles. The van der Waals surface area contributed by atoms with Crippen molar-refractivity contribution in [3.8, 4) is 5.75 Å². The molecule has 76 valence electrons. The third-order valence-electron chi connectivity index (χ3n) is 1.92. The minimum atomic E-state index is -0.894. The van der Waals surface area contributed by atoms with E-state index in [9.17, 15) is 4.79 Å². The highest BCUT2D eigenvalue weighted by atomic mass is 35.5. The molecule has 1 aliphatic rings. The van der Waals surface area contributed by atoms with Gasteiger partial charge in [0, 0.05) is 0 Å². The molecule has 5 heteroatoms. The van der Waals surface area contributed by atoms with E-state index < -0.39 is 12.0 Å². The highest BCUT2D eigenvalue weighted by molar-refractivity contribution is 5.85. The van der Waals surface area contributed by atoms with E-state index in [1.165, 1.54) is 0 Å². The Morgan fingerprint density at radius 1 is 1.50 bits per heavy atom. The van der Waals surface area contributed by atoms with Gasteiger partial charge in [0.2, 0.25) is 0 Å². The average Bonchev–Trinajstić information content (AvgIpc) is 2.17. The third-order valence-corrected chi connectivity index (χ3v) is 1.92. The summed E-state index contributed by atoms with van der Waals surface area (Å²) in [7, 11) is 0. The first-order valence-corrected chi connectivity index (χ1v) is 3.98. The van der Waals surface area contributed by atoms with E-state index in [-0.39, 0.29) is 19.0 Å². The smallest absolute Gasteiger partial charge is 0.329 e. The maximum absolute atomic E-state index is 10.6. The lowest BCUT2D eigenvalue weighted by Gasteiger charge is -2.24. The van der Waals surface area contributed by atoms with Crippen molar-refractivity contribution in [2.45, 2.75) is 6.04 Å². The Hall–Kier alpha value is -1.42. The number of carboxylic acid groups (broad SMARTS) is 1. The first-order valence-electron chi connectivity index (χ1n) is 3.98. The lowest BCUT2D eigenvalue weighted by atomic mass is 10.2. The fraction of sp³-hybridized carbons (Fsp3) is 0.222. The van der Waals surface area contributed by atoms with Crippen LogP contribution < -0.4 is 10.1 Å². The number of ether oxygens (including phenoxy) is 1. The monoisotopic (exact) mass is 215 g/mol. The number of nitrogens with one attached hydrogen (secondary N) is 1. The van der Waals surface area contributed by atoms with Crippen LogP contribution in [0.25, 0.3) is 0 Å². The molecule has 0 saturated heterocycles. The van der Waals surface area contributed by atoms with Gasteiger partial charge in [0.1, 0.15) is 12.4 Å². The number of para-hydroxylation sites is 2.